The van der Waals surface area contributed by atoms with Crippen LogP contribution in [0.3, 0.4) is 0 Å². The number of hydrogen-bond donors (Lipinski definition) is 2. The summed E-state index contributed by atoms with van der Waals surface area (Å²) in [5.74, 6) is 0. The number of aryl methyl sites for hydroxylation is 1. The number of anilines is 1. The van der Waals surface area contributed by atoms with Gasteiger partial charge < -0.3 is 19.4 Å². The fourth-order valence-electron chi connectivity index (χ4n) is 2.30. The van der Waals surface area contributed by atoms with Crippen LogP contribution >= 0.6 is 23.6 Å². The van der Waals surface area contributed by atoms with Gasteiger partial charge in [0.25, 0.3) is 0 Å². The van der Waals surface area contributed by atoms with E-state index >= 15 is 4.39 Å². The summed E-state index contributed by atoms with van der Waals surface area (Å²) in [5, 5.41) is 5.56. The molecule has 2 rings (SSSR count). The normalized spacial score (nSPS) is 18.7. The van der Waals surface area contributed by atoms with Crippen LogP contribution in [0.1, 0.15) is 45.2 Å². The summed E-state index contributed by atoms with van der Waals surface area (Å²) < 4.78 is 31.0. The minimum atomic E-state index is -1.07. The third-order valence-corrected chi connectivity index (χ3v) is 5.97. The largest absolute Gasteiger partial charge is 0.525 e. The number of halogens is 1. The molecule has 1 fully saturated rings. The van der Waals surface area contributed by atoms with Crippen molar-refractivity contribution in [1.82, 2.24) is 10.3 Å². The Labute approximate surface area is 167 Å². The fourth-order valence-corrected chi connectivity index (χ4v) is 3.52. The number of alkyl carbamates (subject to hydrolysis) is 1. The first-order chi connectivity index (χ1) is 12.4. The Bertz CT molecular complexity index is 779. The second-order valence-electron chi connectivity index (χ2n) is 7.07. The minimum Gasteiger partial charge on any atom is -0.453 e. The topological polar surface area (TPSA) is 81.7 Å². The number of carbonyl (C=O) groups excluding carboxylic acids is 1. The number of nitrogens with zero attached hydrogens (tertiary/aromatic N) is 1. The quantitative estimate of drug-likeness (QED) is 0.574. The molecule has 0 spiro atoms. The van der Waals surface area contributed by atoms with Crippen molar-refractivity contribution in [2.45, 2.75) is 52.7 Å². The summed E-state index contributed by atoms with van der Waals surface area (Å²) in [6.45, 7) is 10.9. The van der Waals surface area contributed by atoms with E-state index in [9.17, 15) is 4.79 Å². The second-order valence-corrected chi connectivity index (χ2v) is 8.47. The van der Waals surface area contributed by atoms with Gasteiger partial charge in [0, 0.05) is 0 Å². The predicted molar refractivity (Wildman–Crippen MR) is 108 cm³/mol. The molecule has 27 heavy (non-hydrogen) atoms. The van der Waals surface area contributed by atoms with Crippen LogP contribution < -0.4 is 10.6 Å². The highest BCUT2D eigenvalue weighted by Crippen LogP contribution is 2.41. The molecule has 148 valence electrons. The van der Waals surface area contributed by atoms with Crippen molar-refractivity contribution in [2.75, 3.05) is 12.4 Å². The standard InChI is InChI=1S/C16H23BFN3O4S2/c1-8(11(18)17-24-15(3,4)16(5,6)25-17)10-9(2)19-13(27-10)20-12(26)21-14(22)23-7/h1-7H3,(H2,19,20,21,22,26). The lowest BCUT2D eigenvalue weighted by molar-refractivity contribution is 0.00578. The number of ether oxygens (including phenoxy) is 1. The Balaban J connectivity index is 2.20. The van der Waals surface area contributed by atoms with Crippen molar-refractivity contribution in [3.8, 4) is 0 Å². The van der Waals surface area contributed by atoms with Crippen molar-refractivity contribution in [3.05, 3.63) is 16.3 Å². The SMILES string of the molecule is COC(=O)NC(=S)Nc1nc(C)c(C(C)=C(F)B2OC(C)(C)C(C)(C)O2)s1. The van der Waals surface area contributed by atoms with Gasteiger partial charge in [0.1, 0.15) is 5.73 Å². The lowest BCUT2D eigenvalue weighted by Gasteiger charge is -2.32. The molecule has 2 N–H and O–H groups in total. The lowest BCUT2D eigenvalue weighted by Crippen LogP contribution is -2.41. The monoisotopic (exact) mass is 415 g/mol. The van der Waals surface area contributed by atoms with E-state index in [1.807, 2.05) is 27.7 Å². The molecule has 0 aromatic carbocycles. The second kappa shape index (κ2) is 7.82. The Morgan fingerprint density at radius 2 is 1.85 bits per heavy atom. The van der Waals surface area contributed by atoms with E-state index in [4.69, 9.17) is 21.5 Å². The maximum atomic E-state index is 15.0. The third-order valence-electron chi connectivity index (χ3n) is 4.58. The van der Waals surface area contributed by atoms with Gasteiger partial charge in [0.05, 0.1) is 28.9 Å². The first kappa shape index (κ1) is 21.7. The Kier molecular flexibility index (Phi) is 6.30. The number of amides is 1. The average Bonchev–Trinajstić information content (AvgIpc) is 3.01. The summed E-state index contributed by atoms with van der Waals surface area (Å²) >= 11 is 6.21. The van der Waals surface area contributed by atoms with E-state index in [1.165, 1.54) is 18.4 Å². The first-order valence-corrected chi connectivity index (χ1v) is 9.46. The number of aromatic nitrogens is 1. The highest BCUT2D eigenvalue weighted by Gasteiger charge is 2.53. The van der Waals surface area contributed by atoms with Gasteiger partial charge >= 0.3 is 13.2 Å². The van der Waals surface area contributed by atoms with Crippen molar-refractivity contribution in [2.24, 2.45) is 0 Å². The van der Waals surface area contributed by atoms with Crippen LogP contribution in [0, 0.1) is 6.92 Å². The number of carbonyl (C=O) groups is 1. The molecule has 0 atom stereocenters. The number of thiocarbonyl (C=S) groups is 1. The highest BCUT2D eigenvalue weighted by molar-refractivity contribution is 7.80. The molecule has 1 saturated heterocycles. The Morgan fingerprint density at radius 1 is 1.30 bits per heavy atom. The summed E-state index contributed by atoms with van der Waals surface area (Å²) in [6.07, 6.45) is -0.691. The van der Waals surface area contributed by atoms with Gasteiger partial charge in [0.2, 0.25) is 0 Å². The molecule has 1 aliphatic rings. The zero-order chi connectivity index (χ0) is 20.6. The van der Waals surface area contributed by atoms with Crippen LogP contribution in [0.25, 0.3) is 5.57 Å². The van der Waals surface area contributed by atoms with Crippen LogP contribution in [0.5, 0.6) is 0 Å². The molecule has 1 aliphatic heterocycles. The molecule has 0 bridgehead atoms. The molecule has 1 aromatic rings. The lowest BCUT2D eigenvalue weighted by atomic mass is 9.84. The van der Waals surface area contributed by atoms with Crippen LogP contribution in [0.4, 0.5) is 14.3 Å². The first-order valence-electron chi connectivity index (χ1n) is 8.23. The van der Waals surface area contributed by atoms with Gasteiger partial charge in [-0.05, 0) is 59.3 Å². The highest BCUT2D eigenvalue weighted by atomic mass is 32.1. The van der Waals surface area contributed by atoms with Crippen molar-refractivity contribution in [3.63, 3.8) is 0 Å². The Hall–Kier alpha value is -1.56. The fraction of sp³-hybridized carbons (Fsp3) is 0.562. The third kappa shape index (κ3) is 4.65. The van der Waals surface area contributed by atoms with Gasteiger partial charge in [-0.3, -0.25) is 5.32 Å². The maximum Gasteiger partial charge on any atom is 0.525 e. The molecule has 11 heteroatoms. The van der Waals surface area contributed by atoms with E-state index in [0.717, 1.165) is 0 Å². The van der Waals surface area contributed by atoms with Crippen LogP contribution in [-0.4, -0.2) is 41.6 Å². The summed E-state index contributed by atoms with van der Waals surface area (Å²) in [5.41, 5.74) is -0.759. The zero-order valence-electron chi connectivity index (χ0n) is 16.4. The molecule has 0 radical (unpaired) electrons. The van der Waals surface area contributed by atoms with Crippen molar-refractivity contribution in [1.29, 1.82) is 0 Å². The van der Waals surface area contributed by atoms with Crippen LogP contribution in [0.2, 0.25) is 0 Å². The number of nitrogens with one attached hydrogen (secondary N) is 2. The maximum absolute atomic E-state index is 15.0. The van der Waals surface area contributed by atoms with Gasteiger partial charge in [-0.15, -0.1) is 0 Å². The van der Waals surface area contributed by atoms with E-state index in [-0.39, 0.29) is 5.11 Å². The van der Waals surface area contributed by atoms with Crippen LogP contribution in [-0.2, 0) is 14.0 Å². The summed E-state index contributed by atoms with van der Waals surface area (Å²) in [6, 6.07) is 0. The number of thiazole rings is 1. The van der Waals surface area contributed by atoms with Crippen molar-refractivity contribution >= 4 is 52.6 Å². The van der Waals surface area contributed by atoms with Gasteiger partial charge in [-0.1, -0.05) is 11.3 Å². The molecule has 0 saturated carbocycles. The van der Waals surface area contributed by atoms with Gasteiger partial charge in [0.15, 0.2) is 10.2 Å². The molecule has 1 aromatic heterocycles. The minimum absolute atomic E-state index is 0.0372. The Morgan fingerprint density at radius 3 is 2.37 bits per heavy atom. The molecule has 2 heterocycles. The molecule has 1 amide bonds. The summed E-state index contributed by atoms with van der Waals surface area (Å²) in [4.78, 5) is 16.1. The van der Waals surface area contributed by atoms with Gasteiger partial charge in [-0.2, -0.15) is 0 Å². The molecule has 0 unspecified atom stereocenters. The average molecular weight is 415 g/mol. The number of methoxy groups -OCH3 is 1. The van der Waals surface area contributed by atoms with E-state index in [1.54, 1.807) is 13.8 Å². The van der Waals surface area contributed by atoms with E-state index < -0.39 is 30.1 Å². The molecular formula is C16H23BFN3O4S2. The van der Waals surface area contributed by atoms with Crippen LogP contribution in [0.15, 0.2) is 5.73 Å². The van der Waals surface area contributed by atoms with Crippen molar-refractivity contribution < 1.29 is 23.2 Å². The number of hydrogen-bond acceptors (Lipinski definition) is 7. The number of rotatable bonds is 3. The zero-order valence-corrected chi connectivity index (χ0v) is 18.0. The molecular weight excluding hydrogens is 392 g/mol. The van der Waals surface area contributed by atoms with E-state index in [2.05, 4.69) is 20.4 Å². The predicted octanol–water partition coefficient (Wildman–Crippen LogP) is 3.84. The smallest absolute Gasteiger partial charge is 0.453 e. The molecule has 7 nitrogen and oxygen atoms in total. The van der Waals surface area contributed by atoms with Gasteiger partial charge in [-0.25, -0.2) is 14.2 Å². The molecule has 0 aliphatic carbocycles. The van der Waals surface area contributed by atoms with E-state index in [0.29, 0.717) is 21.3 Å². The number of allylic oxidation sites excluding steroid dienone is 1. The summed E-state index contributed by atoms with van der Waals surface area (Å²) in [7, 11) is 0.158.